The molecule has 0 amide bonds. The molecule has 2 nitrogen and oxygen atoms in total. The van der Waals surface area contributed by atoms with E-state index in [-0.39, 0.29) is 12.6 Å². The van der Waals surface area contributed by atoms with Crippen LogP contribution in [0.25, 0.3) is 0 Å². The van der Waals surface area contributed by atoms with E-state index in [0.29, 0.717) is 11.5 Å². The van der Waals surface area contributed by atoms with Gasteiger partial charge in [0.25, 0.3) is 0 Å². The number of rotatable bonds is 5. The monoisotopic (exact) mass is 227 g/mol. The first-order valence-corrected chi connectivity index (χ1v) is 5.50. The molecular weight excluding hydrogens is 212 g/mol. The Morgan fingerprint density at radius 2 is 2.06 bits per heavy atom. The van der Waals surface area contributed by atoms with Crippen molar-refractivity contribution in [3.8, 4) is 0 Å². The molecule has 1 fully saturated rings. The zero-order chi connectivity index (χ0) is 11.5. The van der Waals surface area contributed by atoms with Crippen LogP contribution in [0.4, 0.5) is 8.78 Å². The topological polar surface area (TPSA) is 32.3 Å². The van der Waals surface area contributed by atoms with Gasteiger partial charge >= 0.3 is 0 Å². The molecule has 1 unspecified atom stereocenters. The summed E-state index contributed by atoms with van der Waals surface area (Å²) in [5, 5.41) is 12.3. The van der Waals surface area contributed by atoms with Crippen molar-refractivity contribution in [2.45, 2.75) is 18.9 Å². The molecule has 2 N–H and O–H groups in total. The Balaban J connectivity index is 2.02. The van der Waals surface area contributed by atoms with Crippen LogP contribution in [0.1, 0.15) is 24.4 Å². The second kappa shape index (κ2) is 4.89. The quantitative estimate of drug-likeness (QED) is 0.806. The fraction of sp³-hybridized carbons (Fsp3) is 0.500. The normalized spacial score (nSPS) is 17.4. The number of nitrogens with one attached hydrogen (secondary N) is 1. The van der Waals surface area contributed by atoms with Crippen LogP contribution in [0.15, 0.2) is 18.2 Å². The van der Waals surface area contributed by atoms with E-state index in [1.807, 2.05) is 0 Å². The van der Waals surface area contributed by atoms with Gasteiger partial charge in [0, 0.05) is 0 Å². The highest BCUT2D eigenvalue weighted by Gasteiger charge is 2.22. The summed E-state index contributed by atoms with van der Waals surface area (Å²) in [5.74, 6) is -1.05. The third-order valence-corrected chi connectivity index (χ3v) is 2.88. The van der Waals surface area contributed by atoms with E-state index in [1.54, 1.807) is 0 Å². The maximum atomic E-state index is 13.0. The minimum Gasteiger partial charge on any atom is -0.394 e. The van der Waals surface area contributed by atoms with E-state index in [4.69, 9.17) is 0 Å². The molecule has 0 spiro atoms. The van der Waals surface area contributed by atoms with E-state index in [2.05, 4.69) is 5.32 Å². The molecule has 0 bridgehead atoms. The van der Waals surface area contributed by atoms with E-state index in [1.165, 1.54) is 18.9 Å². The van der Waals surface area contributed by atoms with Crippen molar-refractivity contribution in [3.63, 3.8) is 0 Å². The van der Waals surface area contributed by atoms with Crippen molar-refractivity contribution in [1.82, 2.24) is 5.32 Å². The van der Waals surface area contributed by atoms with Crippen molar-refractivity contribution < 1.29 is 13.9 Å². The lowest BCUT2D eigenvalue weighted by molar-refractivity contribution is 0.243. The molecule has 4 heteroatoms. The Hall–Kier alpha value is -1.00. The summed E-state index contributed by atoms with van der Waals surface area (Å²) in [4.78, 5) is 0. The first-order chi connectivity index (χ1) is 7.70. The molecule has 1 aromatic carbocycles. The molecule has 2 rings (SSSR count). The summed E-state index contributed by atoms with van der Waals surface area (Å²) in [6.07, 6.45) is 2.42. The zero-order valence-corrected chi connectivity index (χ0v) is 8.92. The van der Waals surface area contributed by atoms with Crippen LogP contribution in [0.3, 0.4) is 0 Å². The predicted octanol–water partition coefficient (Wildman–Crippen LogP) is 2.00. The van der Waals surface area contributed by atoms with E-state index in [9.17, 15) is 13.9 Å². The van der Waals surface area contributed by atoms with E-state index in [0.717, 1.165) is 18.7 Å². The molecule has 1 aliphatic rings. The Bertz CT molecular complexity index is 366. The first-order valence-electron chi connectivity index (χ1n) is 5.50. The number of aliphatic hydroxyl groups is 1. The van der Waals surface area contributed by atoms with E-state index >= 15 is 0 Å². The average Bonchev–Trinajstić information content (AvgIpc) is 3.08. The Kier molecular flexibility index (Phi) is 3.51. The lowest BCUT2D eigenvalue weighted by atomic mass is 10.1. The molecule has 0 saturated heterocycles. The van der Waals surface area contributed by atoms with Gasteiger partial charge in [0.15, 0.2) is 11.6 Å². The lowest BCUT2D eigenvalue weighted by Gasteiger charge is -2.16. The fourth-order valence-corrected chi connectivity index (χ4v) is 1.65. The third kappa shape index (κ3) is 2.77. The van der Waals surface area contributed by atoms with Gasteiger partial charge in [-0.15, -0.1) is 0 Å². The number of aliphatic hydroxyl groups excluding tert-OH is 1. The number of hydrogen-bond acceptors (Lipinski definition) is 2. The highest BCUT2D eigenvalue weighted by atomic mass is 19.2. The third-order valence-electron chi connectivity index (χ3n) is 2.88. The van der Waals surface area contributed by atoms with Crippen LogP contribution < -0.4 is 5.32 Å². The standard InChI is InChI=1S/C12H15F2NO/c13-10-4-3-9(5-11(10)14)12(7-16)15-6-8-1-2-8/h3-5,8,12,15-16H,1-2,6-7H2. The van der Waals surface area contributed by atoms with Crippen molar-refractivity contribution >= 4 is 0 Å². The van der Waals surface area contributed by atoms with Gasteiger partial charge in [0.1, 0.15) is 0 Å². The van der Waals surface area contributed by atoms with Crippen molar-refractivity contribution in [3.05, 3.63) is 35.4 Å². The Morgan fingerprint density at radius 1 is 1.31 bits per heavy atom. The fourth-order valence-electron chi connectivity index (χ4n) is 1.65. The van der Waals surface area contributed by atoms with Gasteiger partial charge < -0.3 is 10.4 Å². The predicted molar refractivity (Wildman–Crippen MR) is 56.9 cm³/mol. The van der Waals surface area contributed by atoms with Gasteiger partial charge in [0.05, 0.1) is 12.6 Å². The van der Waals surface area contributed by atoms with Crippen LogP contribution in [0.5, 0.6) is 0 Å². The molecule has 0 radical (unpaired) electrons. The summed E-state index contributed by atoms with van der Waals surface area (Å²) in [6, 6.07) is 3.41. The van der Waals surface area contributed by atoms with Crippen molar-refractivity contribution in [2.75, 3.05) is 13.2 Å². The van der Waals surface area contributed by atoms with Crippen LogP contribution >= 0.6 is 0 Å². The van der Waals surface area contributed by atoms with E-state index < -0.39 is 11.6 Å². The second-order valence-corrected chi connectivity index (χ2v) is 4.26. The van der Waals surface area contributed by atoms with Crippen LogP contribution in [0.2, 0.25) is 0 Å². The molecule has 1 aromatic rings. The maximum absolute atomic E-state index is 13.0. The number of hydrogen-bond donors (Lipinski definition) is 2. The average molecular weight is 227 g/mol. The van der Waals surface area contributed by atoms with Crippen LogP contribution in [0, 0.1) is 17.6 Å². The minimum atomic E-state index is -0.871. The Labute approximate surface area is 93.3 Å². The largest absolute Gasteiger partial charge is 0.394 e. The highest BCUT2D eigenvalue weighted by molar-refractivity contribution is 5.21. The van der Waals surface area contributed by atoms with Gasteiger partial charge in [0.2, 0.25) is 0 Å². The second-order valence-electron chi connectivity index (χ2n) is 4.26. The SMILES string of the molecule is OCC(NCC1CC1)c1ccc(F)c(F)c1. The summed E-state index contributed by atoms with van der Waals surface area (Å²) >= 11 is 0. The molecule has 16 heavy (non-hydrogen) atoms. The molecule has 1 atom stereocenters. The molecule has 0 aromatic heterocycles. The maximum Gasteiger partial charge on any atom is 0.159 e. The highest BCUT2D eigenvalue weighted by Crippen LogP contribution is 2.28. The lowest BCUT2D eigenvalue weighted by Crippen LogP contribution is -2.26. The zero-order valence-electron chi connectivity index (χ0n) is 8.92. The minimum absolute atomic E-state index is 0.113. The Morgan fingerprint density at radius 3 is 2.62 bits per heavy atom. The van der Waals surface area contributed by atoms with Gasteiger partial charge in [-0.05, 0) is 43.0 Å². The summed E-state index contributed by atoms with van der Waals surface area (Å²) in [7, 11) is 0. The molecule has 0 heterocycles. The van der Waals surface area contributed by atoms with Crippen molar-refractivity contribution in [2.24, 2.45) is 5.92 Å². The number of halogens is 2. The van der Waals surface area contributed by atoms with Crippen molar-refractivity contribution in [1.29, 1.82) is 0 Å². The van der Waals surface area contributed by atoms with Crippen LogP contribution in [-0.4, -0.2) is 18.3 Å². The summed E-state index contributed by atoms with van der Waals surface area (Å²) in [6.45, 7) is 0.710. The summed E-state index contributed by atoms with van der Waals surface area (Å²) < 4.78 is 25.7. The summed E-state index contributed by atoms with van der Waals surface area (Å²) in [5.41, 5.74) is 0.585. The smallest absolute Gasteiger partial charge is 0.159 e. The first kappa shape index (κ1) is 11.5. The van der Waals surface area contributed by atoms with Gasteiger partial charge in [-0.2, -0.15) is 0 Å². The molecule has 1 saturated carbocycles. The molecule has 1 aliphatic carbocycles. The van der Waals surface area contributed by atoms with Gasteiger partial charge in [-0.1, -0.05) is 6.07 Å². The molecule has 0 aliphatic heterocycles. The van der Waals surface area contributed by atoms with Crippen LogP contribution in [-0.2, 0) is 0 Å². The van der Waals surface area contributed by atoms with Gasteiger partial charge in [-0.3, -0.25) is 0 Å². The van der Waals surface area contributed by atoms with Gasteiger partial charge in [-0.25, -0.2) is 8.78 Å². The molecule has 88 valence electrons. The molecular formula is C12H15F2NO. The number of benzene rings is 1.